The number of nitrogens with zero attached hydrogens (tertiary/aromatic N) is 1. The number of hydrogen-bond acceptors (Lipinski definition) is 3. The number of benzene rings is 2. The lowest BCUT2D eigenvalue weighted by Gasteiger charge is -2.21. The van der Waals surface area contributed by atoms with E-state index in [0.717, 1.165) is 43.2 Å². The van der Waals surface area contributed by atoms with Crippen molar-refractivity contribution < 1.29 is 14.3 Å². The van der Waals surface area contributed by atoms with Crippen LogP contribution in [0.2, 0.25) is 0 Å². The molecule has 0 spiro atoms. The van der Waals surface area contributed by atoms with Crippen molar-refractivity contribution in [1.82, 2.24) is 4.90 Å². The Bertz CT molecular complexity index is 848. The third-order valence-electron chi connectivity index (χ3n) is 4.58. The number of hydrogen-bond donors (Lipinski definition) is 1. The molecular weight excluding hydrogens is 444 g/mol. The lowest BCUT2D eigenvalue weighted by Crippen LogP contribution is -2.32. The largest absolute Gasteiger partial charge is 0.493 e. The predicted molar refractivity (Wildman–Crippen MR) is 125 cm³/mol. The molecule has 2 amide bonds. The van der Waals surface area contributed by atoms with E-state index in [0.29, 0.717) is 29.2 Å². The summed E-state index contributed by atoms with van der Waals surface area (Å²) in [5.74, 6) is 0.265. The number of carbonyl (C=O) groups is 2. The first kappa shape index (κ1) is 23.9. The summed E-state index contributed by atoms with van der Waals surface area (Å²) in [5.41, 5.74) is 1.61. The maximum atomic E-state index is 12.9. The Balaban J connectivity index is 2.19. The maximum Gasteiger partial charge on any atom is 0.259 e. The van der Waals surface area contributed by atoms with Gasteiger partial charge in [-0.15, -0.1) is 0 Å². The van der Waals surface area contributed by atoms with Gasteiger partial charge in [-0.05, 0) is 55.7 Å². The van der Waals surface area contributed by atoms with Crippen LogP contribution in [0.5, 0.6) is 5.75 Å². The zero-order chi connectivity index (χ0) is 21.9. The van der Waals surface area contributed by atoms with Crippen LogP contribution in [0.4, 0.5) is 5.69 Å². The standard InChI is InChI=1S/C24H31BrN2O3/c1-4-7-15-30-22-12-11-19(25)17-21(22)23(28)26-20-10-8-9-18(16-20)24(29)27(13-5-2)14-6-3/h8-12,16-17H,4-7,13-15H2,1-3H3,(H,26,28). The fourth-order valence-corrected chi connectivity index (χ4v) is 3.46. The second-order valence-corrected chi connectivity index (χ2v) is 8.09. The first-order valence-corrected chi connectivity index (χ1v) is 11.4. The minimum absolute atomic E-state index is 0.0131. The Hall–Kier alpha value is -2.34. The van der Waals surface area contributed by atoms with E-state index in [-0.39, 0.29) is 11.8 Å². The Morgan fingerprint density at radius 3 is 2.40 bits per heavy atom. The van der Waals surface area contributed by atoms with Crippen molar-refractivity contribution in [2.24, 2.45) is 0 Å². The van der Waals surface area contributed by atoms with Gasteiger partial charge in [0.2, 0.25) is 0 Å². The van der Waals surface area contributed by atoms with Crippen LogP contribution in [0.3, 0.4) is 0 Å². The molecule has 2 rings (SSSR count). The van der Waals surface area contributed by atoms with E-state index in [1.54, 1.807) is 36.4 Å². The Labute approximate surface area is 187 Å². The highest BCUT2D eigenvalue weighted by Crippen LogP contribution is 2.25. The molecule has 0 aliphatic rings. The van der Waals surface area contributed by atoms with Crippen LogP contribution in [0.15, 0.2) is 46.9 Å². The molecule has 0 aliphatic carbocycles. The van der Waals surface area contributed by atoms with Crippen LogP contribution >= 0.6 is 15.9 Å². The molecule has 0 radical (unpaired) electrons. The van der Waals surface area contributed by atoms with Gasteiger partial charge >= 0.3 is 0 Å². The molecule has 0 saturated carbocycles. The monoisotopic (exact) mass is 474 g/mol. The van der Waals surface area contributed by atoms with Crippen LogP contribution in [0.1, 0.15) is 67.2 Å². The molecule has 0 aromatic heterocycles. The van der Waals surface area contributed by atoms with Crippen molar-refractivity contribution in [2.45, 2.75) is 46.5 Å². The van der Waals surface area contributed by atoms with Gasteiger partial charge in [-0.3, -0.25) is 9.59 Å². The number of rotatable bonds is 11. The third kappa shape index (κ3) is 6.87. The van der Waals surface area contributed by atoms with Gasteiger partial charge in [-0.1, -0.05) is 49.2 Å². The number of halogens is 1. The van der Waals surface area contributed by atoms with Crippen molar-refractivity contribution in [3.63, 3.8) is 0 Å². The summed E-state index contributed by atoms with van der Waals surface area (Å²) < 4.78 is 6.60. The third-order valence-corrected chi connectivity index (χ3v) is 5.08. The molecule has 0 unspecified atom stereocenters. The molecule has 162 valence electrons. The number of anilines is 1. The average molecular weight is 475 g/mol. The van der Waals surface area contributed by atoms with Crippen molar-refractivity contribution >= 4 is 33.4 Å². The number of ether oxygens (including phenoxy) is 1. The highest BCUT2D eigenvalue weighted by molar-refractivity contribution is 9.10. The van der Waals surface area contributed by atoms with Gasteiger partial charge < -0.3 is 15.0 Å². The zero-order valence-electron chi connectivity index (χ0n) is 18.0. The molecule has 5 nitrogen and oxygen atoms in total. The smallest absolute Gasteiger partial charge is 0.259 e. The van der Waals surface area contributed by atoms with Gasteiger partial charge in [0, 0.05) is 28.8 Å². The van der Waals surface area contributed by atoms with Gasteiger partial charge in [0.15, 0.2) is 0 Å². The highest BCUT2D eigenvalue weighted by atomic mass is 79.9. The summed E-state index contributed by atoms with van der Waals surface area (Å²) in [6, 6.07) is 12.5. The van der Waals surface area contributed by atoms with E-state index in [9.17, 15) is 9.59 Å². The number of carbonyl (C=O) groups excluding carboxylic acids is 2. The Morgan fingerprint density at radius 1 is 1.00 bits per heavy atom. The topological polar surface area (TPSA) is 58.6 Å². The van der Waals surface area contributed by atoms with E-state index >= 15 is 0 Å². The van der Waals surface area contributed by atoms with Gasteiger partial charge in [0.1, 0.15) is 5.75 Å². The quantitative estimate of drug-likeness (QED) is 0.397. The summed E-state index contributed by atoms with van der Waals surface area (Å²) in [5, 5.41) is 2.90. The molecule has 2 aromatic rings. The molecule has 2 aromatic carbocycles. The van der Waals surface area contributed by atoms with Gasteiger partial charge in [0.25, 0.3) is 11.8 Å². The molecule has 0 fully saturated rings. The predicted octanol–water partition coefficient (Wildman–Crippen LogP) is 6.14. The normalized spacial score (nSPS) is 10.5. The minimum Gasteiger partial charge on any atom is -0.493 e. The lowest BCUT2D eigenvalue weighted by molar-refractivity contribution is 0.0755. The summed E-state index contributed by atoms with van der Waals surface area (Å²) in [6.07, 6.45) is 3.76. The van der Waals surface area contributed by atoms with Crippen molar-refractivity contribution in [3.05, 3.63) is 58.1 Å². The van der Waals surface area contributed by atoms with Gasteiger partial charge in [0.05, 0.1) is 12.2 Å². The minimum atomic E-state index is -0.272. The van der Waals surface area contributed by atoms with E-state index in [2.05, 4.69) is 42.0 Å². The second-order valence-electron chi connectivity index (χ2n) is 7.17. The van der Waals surface area contributed by atoms with Crippen LogP contribution < -0.4 is 10.1 Å². The summed E-state index contributed by atoms with van der Waals surface area (Å²) in [4.78, 5) is 27.7. The molecule has 1 N–H and O–H groups in total. The highest BCUT2D eigenvalue weighted by Gasteiger charge is 2.17. The fraction of sp³-hybridized carbons (Fsp3) is 0.417. The molecule has 0 saturated heterocycles. The summed E-state index contributed by atoms with van der Waals surface area (Å²) >= 11 is 3.42. The van der Waals surface area contributed by atoms with Crippen LogP contribution in [0.25, 0.3) is 0 Å². The van der Waals surface area contributed by atoms with E-state index in [1.807, 2.05) is 11.0 Å². The van der Waals surface area contributed by atoms with E-state index in [1.165, 1.54) is 0 Å². The first-order chi connectivity index (χ1) is 14.5. The summed E-state index contributed by atoms with van der Waals surface area (Å²) in [6.45, 7) is 8.22. The number of amides is 2. The van der Waals surface area contributed by atoms with Crippen molar-refractivity contribution in [2.75, 3.05) is 25.0 Å². The van der Waals surface area contributed by atoms with Crippen LogP contribution in [0, 0.1) is 0 Å². The summed E-state index contributed by atoms with van der Waals surface area (Å²) in [7, 11) is 0. The average Bonchev–Trinajstić information content (AvgIpc) is 2.74. The van der Waals surface area contributed by atoms with Crippen LogP contribution in [-0.4, -0.2) is 36.4 Å². The molecule has 0 aliphatic heterocycles. The zero-order valence-corrected chi connectivity index (χ0v) is 19.6. The first-order valence-electron chi connectivity index (χ1n) is 10.6. The molecule has 30 heavy (non-hydrogen) atoms. The molecular formula is C24H31BrN2O3. The molecule has 6 heteroatoms. The van der Waals surface area contributed by atoms with Gasteiger partial charge in [-0.2, -0.15) is 0 Å². The molecule has 0 heterocycles. The van der Waals surface area contributed by atoms with Gasteiger partial charge in [-0.25, -0.2) is 0 Å². The SMILES string of the molecule is CCCCOc1ccc(Br)cc1C(=O)Nc1cccc(C(=O)N(CCC)CCC)c1. The number of nitrogens with one attached hydrogen (secondary N) is 1. The van der Waals surface area contributed by atoms with Crippen LogP contribution in [-0.2, 0) is 0 Å². The lowest BCUT2D eigenvalue weighted by atomic mass is 10.1. The van der Waals surface area contributed by atoms with Crippen molar-refractivity contribution in [3.8, 4) is 5.75 Å². The van der Waals surface area contributed by atoms with Crippen molar-refractivity contribution in [1.29, 1.82) is 0 Å². The molecule has 0 bridgehead atoms. The Kier molecular flexibility index (Phi) is 9.87. The van der Waals surface area contributed by atoms with E-state index < -0.39 is 0 Å². The van der Waals surface area contributed by atoms with E-state index in [4.69, 9.17) is 4.74 Å². The maximum absolute atomic E-state index is 12.9. The fourth-order valence-electron chi connectivity index (χ4n) is 3.10. The molecule has 0 atom stereocenters. The number of unbranched alkanes of at least 4 members (excludes halogenated alkanes) is 1. The Morgan fingerprint density at radius 2 is 1.73 bits per heavy atom. The second kappa shape index (κ2) is 12.4.